The van der Waals surface area contributed by atoms with Gasteiger partial charge in [-0.15, -0.1) is 0 Å². The molecule has 2 heterocycles. The topological polar surface area (TPSA) is 68.5 Å². The number of rotatable bonds is 2. The van der Waals surface area contributed by atoms with E-state index >= 15 is 0 Å². The number of aromatic nitrogens is 1. The summed E-state index contributed by atoms with van der Waals surface area (Å²) in [6.07, 6.45) is 3.17. The molecule has 80 valence electrons. The summed E-state index contributed by atoms with van der Waals surface area (Å²) in [5.41, 5.74) is 6.60. The molecule has 2 rings (SSSR count). The monoisotopic (exact) mass is 207 g/mol. The number of carbonyl (C=O) groups is 1. The van der Waals surface area contributed by atoms with Crippen molar-refractivity contribution in [2.24, 2.45) is 5.73 Å². The number of amides is 1. The summed E-state index contributed by atoms with van der Waals surface area (Å²) in [6, 6.07) is 1.81. The fourth-order valence-corrected chi connectivity index (χ4v) is 1.66. The van der Waals surface area contributed by atoms with Crippen molar-refractivity contribution in [2.75, 3.05) is 31.2 Å². The van der Waals surface area contributed by atoms with Crippen LogP contribution in [0.5, 0.6) is 0 Å². The first kappa shape index (κ1) is 9.92. The lowest BCUT2D eigenvalue weighted by atomic mass is 10.2. The van der Waals surface area contributed by atoms with Gasteiger partial charge in [0.1, 0.15) is 0 Å². The molecule has 15 heavy (non-hydrogen) atoms. The molecule has 0 saturated carbocycles. The van der Waals surface area contributed by atoms with Gasteiger partial charge in [0.15, 0.2) is 0 Å². The number of carbonyl (C=O) groups excluding carboxylic acids is 1. The standard InChI is InChI=1S/C10H13N3O2/c11-10(14)8-7-12-2-1-9(8)13-3-5-15-6-4-13/h1-2,7H,3-6H2,(H2,11,14). The zero-order chi connectivity index (χ0) is 10.7. The van der Waals surface area contributed by atoms with Crippen LogP contribution in [0, 0.1) is 0 Å². The van der Waals surface area contributed by atoms with Crippen LogP contribution in [0.4, 0.5) is 5.69 Å². The minimum atomic E-state index is -0.440. The van der Waals surface area contributed by atoms with Crippen LogP contribution in [0.2, 0.25) is 0 Å². The molecule has 0 radical (unpaired) electrons. The van der Waals surface area contributed by atoms with Crippen LogP contribution >= 0.6 is 0 Å². The van der Waals surface area contributed by atoms with Gasteiger partial charge in [-0.25, -0.2) is 0 Å². The van der Waals surface area contributed by atoms with E-state index in [4.69, 9.17) is 10.5 Å². The number of morpholine rings is 1. The van der Waals surface area contributed by atoms with Crippen molar-refractivity contribution in [3.05, 3.63) is 24.0 Å². The highest BCUT2D eigenvalue weighted by Crippen LogP contribution is 2.19. The van der Waals surface area contributed by atoms with Crippen LogP contribution in [-0.4, -0.2) is 37.2 Å². The third kappa shape index (κ3) is 2.07. The summed E-state index contributed by atoms with van der Waals surface area (Å²) in [5, 5.41) is 0. The second-order valence-electron chi connectivity index (χ2n) is 3.36. The first-order valence-corrected chi connectivity index (χ1v) is 4.85. The Balaban J connectivity index is 2.29. The number of nitrogens with zero attached hydrogens (tertiary/aromatic N) is 2. The summed E-state index contributed by atoms with van der Waals surface area (Å²) < 4.78 is 5.25. The van der Waals surface area contributed by atoms with E-state index in [1.54, 1.807) is 6.20 Å². The number of anilines is 1. The molecule has 1 aliphatic heterocycles. The van der Waals surface area contributed by atoms with E-state index in [1.165, 1.54) is 6.20 Å². The van der Waals surface area contributed by atoms with Crippen molar-refractivity contribution in [3.63, 3.8) is 0 Å². The first-order valence-electron chi connectivity index (χ1n) is 4.85. The molecular weight excluding hydrogens is 194 g/mol. The van der Waals surface area contributed by atoms with E-state index in [1.807, 2.05) is 6.07 Å². The highest BCUT2D eigenvalue weighted by Gasteiger charge is 2.16. The summed E-state index contributed by atoms with van der Waals surface area (Å²) in [5.74, 6) is -0.440. The van der Waals surface area contributed by atoms with Crippen LogP contribution in [-0.2, 0) is 4.74 Å². The molecule has 0 aromatic carbocycles. The second kappa shape index (κ2) is 4.27. The summed E-state index contributed by atoms with van der Waals surface area (Å²) in [7, 11) is 0. The van der Waals surface area contributed by atoms with Gasteiger partial charge in [-0.3, -0.25) is 9.78 Å². The molecule has 0 unspecified atom stereocenters. The minimum Gasteiger partial charge on any atom is -0.378 e. The predicted molar refractivity (Wildman–Crippen MR) is 55.8 cm³/mol. The largest absolute Gasteiger partial charge is 0.378 e. The smallest absolute Gasteiger partial charge is 0.252 e. The van der Waals surface area contributed by atoms with E-state index in [0.717, 1.165) is 18.8 Å². The van der Waals surface area contributed by atoms with Crippen LogP contribution in [0.25, 0.3) is 0 Å². The lowest BCUT2D eigenvalue weighted by molar-refractivity contribution is 0.0998. The van der Waals surface area contributed by atoms with Crippen molar-refractivity contribution in [3.8, 4) is 0 Å². The lowest BCUT2D eigenvalue weighted by Crippen LogP contribution is -2.37. The third-order valence-corrected chi connectivity index (χ3v) is 2.42. The van der Waals surface area contributed by atoms with Crippen molar-refractivity contribution >= 4 is 11.6 Å². The fourth-order valence-electron chi connectivity index (χ4n) is 1.66. The van der Waals surface area contributed by atoms with Gasteiger partial charge in [0, 0.05) is 25.5 Å². The number of ether oxygens (including phenoxy) is 1. The van der Waals surface area contributed by atoms with E-state index in [2.05, 4.69) is 9.88 Å². The molecule has 1 aromatic heterocycles. The lowest BCUT2D eigenvalue weighted by Gasteiger charge is -2.29. The Hall–Kier alpha value is -1.62. The quantitative estimate of drug-likeness (QED) is 0.742. The molecule has 2 N–H and O–H groups in total. The average Bonchev–Trinajstić information content (AvgIpc) is 2.30. The van der Waals surface area contributed by atoms with Gasteiger partial charge in [0.2, 0.25) is 0 Å². The Kier molecular flexibility index (Phi) is 2.82. The minimum absolute atomic E-state index is 0.440. The van der Waals surface area contributed by atoms with Crippen LogP contribution < -0.4 is 10.6 Å². The molecule has 1 amide bonds. The summed E-state index contributed by atoms with van der Waals surface area (Å²) in [6.45, 7) is 2.93. The third-order valence-electron chi connectivity index (χ3n) is 2.42. The average molecular weight is 207 g/mol. The van der Waals surface area contributed by atoms with Crippen LogP contribution in [0.3, 0.4) is 0 Å². The van der Waals surface area contributed by atoms with Gasteiger partial charge in [-0.2, -0.15) is 0 Å². The molecule has 1 saturated heterocycles. The van der Waals surface area contributed by atoms with Crippen molar-refractivity contribution in [1.82, 2.24) is 4.98 Å². The molecular formula is C10H13N3O2. The number of primary amides is 1. The van der Waals surface area contributed by atoms with Gasteiger partial charge >= 0.3 is 0 Å². The molecule has 5 nitrogen and oxygen atoms in total. The molecule has 1 fully saturated rings. The van der Waals surface area contributed by atoms with Gasteiger partial charge in [-0.1, -0.05) is 0 Å². The molecule has 0 bridgehead atoms. The number of hydrogen-bond acceptors (Lipinski definition) is 4. The predicted octanol–water partition coefficient (Wildman–Crippen LogP) is 0.0171. The number of hydrogen-bond donors (Lipinski definition) is 1. The maximum Gasteiger partial charge on any atom is 0.252 e. The van der Waals surface area contributed by atoms with Gasteiger partial charge in [0.25, 0.3) is 5.91 Å². The van der Waals surface area contributed by atoms with E-state index in [0.29, 0.717) is 18.8 Å². The molecule has 0 aliphatic carbocycles. The Morgan fingerprint density at radius 1 is 1.47 bits per heavy atom. The molecule has 1 aromatic rings. The second-order valence-corrected chi connectivity index (χ2v) is 3.36. The summed E-state index contributed by atoms with van der Waals surface area (Å²) >= 11 is 0. The Bertz CT molecular complexity index is 361. The van der Waals surface area contributed by atoms with Crippen molar-refractivity contribution < 1.29 is 9.53 Å². The number of nitrogens with two attached hydrogens (primary N) is 1. The SMILES string of the molecule is NC(=O)c1cnccc1N1CCOCC1. The van der Waals surface area contributed by atoms with E-state index in [-0.39, 0.29) is 0 Å². The normalized spacial score (nSPS) is 16.4. The number of pyridine rings is 1. The van der Waals surface area contributed by atoms with Gasteiger partial charge in [-0.05, 0) is 6.07 Å². The van der Waals surface area contributed by atoms with Gasteiger partial charge < -0.3 is 15.4 Å². The zero-order valence-electron chi connectivity index (χ0n) is 8.35. The molecule has 5 heteroatoms. The van der Waals surface area contributed by atoms with E-state index < -0.39 is 5.91 Å². The summed E-state index contributed by atoms with van der Waals surface area (Å²) in [4.78, 5) is 17.2. The molecule has 1 aliphatic rings. The molecule has 0 atom stereocenters. The zero-order valence-corrected chi connectivity index (χ0v) is 8.35. The highest BCUT2D eigenvalue weighted by atomic mass is 16.5. The first-order chi connectivity index (χ1) is 7.29. The Morgan fingerprint density at radius 3 is 2.87 bits per heavy atom. The highest BCUT2D eigenvalue weighted by molar-refractivity contribution is 5.98. The van der Waals surface area contributed by atoms with Crippen LogP contribution in [0.1, 0.15) is 10.4 Å². The van der Waals surface area contributed by atoms with Crippen molar-refractivity contribution in [1.29, 1.82) is 0 Å². The van der Waals surface area contributed by atoms with Crippen molar-refractivity contribution in [2.45, 2.75) is 0 Å². The van der Waals surface area contributed by atoms with Crippen LogP contribution in [0.15, 0.2) is 18.5 Å². The van der Waals surface area contributed by atoms with E-state index in [9.17, 15) is 4.79 Å². The Labute approximate surface area is 87.8 Å². The fraction of sp³-hybridized carbons (Fsp3) is 0.400. The maximum atomic E-state index is 11.2. The Morgan fingerprint density at radius 2 is 2.20 bits per heavy atom. The maximum absolute atomic E-state index is 11.2. The molecule has 0 spiro atoms. The van der Waals surface area contributed by atoms with Gasteiger partial charge in [0.05, 0.1) is 24.5 Å².